The fourth-order valence-electron chi connectivity index (χ4n) is 1.58. The minimum Gasteiger partial charge on any atom is -0.310 e. The summed E-state index contributed by atoms with van der Waals surface area (Å²) in [6.45, 7) is 0. The SMILES string of the molecule is N#CCC(=O)Nc1cccc(-c2ccc(Cl)c(Cl)c2)n1. The lowest BCUT2D eigenvalue weighted by Gasteiger charge is -2.06. The van der Waals surface area contributed by atoms with E-state index in [2.05, 4.69) is 10.3 Å². The third-order valence-electron chi connectivity index (χ3n) is 2.47. The summed E-state index contributed by atoms with van der Waals surface area (Å²) in [6.07, 6.45) is -0.210. The standard InChI is InChI=1S/C14H9Cl2N3O/c15-10-5-4-9(8-11(10)16)12-2-1-3-13(18-12)19-14(20)6-7-17/h1-5,8H,6H2,(H,18,19,20). The van der Waals surface area contributed by atoms with E-state index in [1.165, 1.54) is 0 Å². The predicted molar refractivity (Wildman–Crippen MR) is 78.6 cm³/mol. The molecule has 20 heavy (non-hydrogen) atoms. The minimum absolute atomic E-state index is 0.210. The fourth-order valence-corrected chi connectivity index (χ4v) is 1.88. The van der Waals surface area contributed by atoms with Crippen LogP contribution < -0.4 is 5.32 Å². The van der Waals surface area contributed by atoms with Crippen molar-refractivity contribution in [2.45, 2.75) is 6.42 Å². The Morgan fingerprint density at radius 2 is 2.05 bits per heavy atom. The van der Waals surface area contributed by atoms with E-state index in [4.69, 9.17) is 28.5 Å². The number of anilines is 1. The highest BCUT2D eigenvalue weighted by Crippen LogP contribution is 2.28. The molecule has 0 unspecified atom stereocenters. The number of halogens is 2. The van der Waals surface area contributed by atoms with Gasteiger partial charge < -0.3 is 5.32 Å². The van der Waals surface area contributed by atoms with Crippen molar-refractivity contribution in [3.8, 4) is 17.3 Å². The number of amides is 1. The van der Waals surface area contributed by atoms with Crippen molar-refractivity contribution in [1.82, 2.24) is 4.98 Å². The molecule has 0 fully saturated rings. The molecule has 1 N–H and O–H groups in total. The number of nitriles is 1. The molecule has 0 saturated heterocycles. The van der Waals surface area contributed by atoms with Crippen molar-refractivity contribution in [2.24, 2.45) is 0 Å². The Bertz CT molecular complexity index is 695. The second-order valence-electron chi connectivity index (χ2n) is 3.92. The Morgan fingerprint density at radius 1 is 1.25 bits per heavy atom. The Labute approximate surface area is 126 Å². The second-order valence-corrected chi connectivity index (χ2v) is 4.73. The molecule has 0 spiro atoms. The van der Waals surface area contributed by atoms with E-state index in [-0.39, 0.29) is 6.42 Å². The molecule has 4 nitrogen and oxygen atoms in total. The van der Waals surface area contributed by atoms with Gasteiger partial charge in [-0.1, -0.05) is 35.3 Å². The number of nitrogens with one attached hydrogen (secondary N) is 1. The average molecular weight is 306 g/mol. The number of benzene rings is 1. The van der Waals surface area contributed by atoms with Crippen LogP contribution >= 0.6 is 23.2 Å². The first kappa shape index (κ1) is 14.3. The first-order valence-corrected chi connectivity index (χ1v) is 6.45. The summed E-state index contributed by atoms with van der Waals surface area (Å²) >= 11 is 11.8. The van der Waals surface area contributed by atoms with Gasteiger partial charge in [-0.05, 0) is 24.3 Å². The minimum atomic E-state index is -0.397. The van der Waals surface area contributed by atoms with Crippen LogP contribution in [-0.4, -0.2) is 10.9 Å². The number of carbonyl (C=O) groups excluding carboxylic acids is 1. The Hall–Kier alpha value is -2.09. The number of hydrogen-bond donors (Lipinski definition) is 1. The molecular weight excluding hydrogens is 297 g/mol. The van der Waals surface area contributed by atoms with Crippen LogP contribution in [-0.2, 0) is 4.79 Å². The fraction of sp³-hybridized carbons (Fsp3) is 0.0714. The number of pyridine rings is 1. The molecule has 0 aliphatic carbocycles. The topological polar surface area (TPSA) is 65.8 Å². The van der Waals surface area contributed by atoms with Crippen molar-refractivity contribution >= 4 is 34.9 Å². The van der Waals surface area contributed by atoms with E-state index >= 15 is 0 Å². The molecule has 1 heterocycles. The van der Waals surface area contributed by atoms with Gasteiger partial charge in [0.2, 0.25) is 5.91 Å². The molecule has 0 bridgehead atoms. The van der Waals surface area contributed by atoms with Crippen molar-refractivity contribution in [2.75, 3.05) is 5.32 Å². The summed E-state index contributed by atoms with van der Waals surface area (Å²) in [5, 5.41) is 11.9. The number of carbonyl (C=O) groups is 1. The van der Waals surface area contributed by atoms with Gasteiger partial charge >= 0.3 is 0 Å². The smallest absolute Gasteiger partial charge is 0.239 e. The van der Waals surface area contributed by atoms with Crippen LogP contribution in [0.1, 0.15) is 6.42 Å². The van der Waals surface area contributed by atoms with Crippen LogP contribution in [0.25, 0.3) is 11.3 Å². The van der Waals surface area contributed by atoms with Gasteiger partial charge in [0, 0.05) is 5.56 Å². The van der Waals surface area contributed by atoms with Crippen molar-refractivity contribution in [1.29, 1.82) is 5.26 Å². The van der Waals surface area contributed by atoms with E-state index in [0.717, 1.165) is 5.56 Å². The zero-order valence-corrected chi connectivity index (χ0v) is 11.7. The largest absolute Gasteiger partial charge is 0.310 e. The molecule has 2 rings (SSSR count). The zero-order chi connectivity index (χ0) is 14.5. The molecule has 0 radical (unpaired) electrons. The number of rotatable bonds is 3. The van der Waals surface area contributed by atoms with Gasteiger partial charge in [0.05, 0.1) is 21.8 Å². The molecule has 6 heteroatoms. The van der Waals surface area contributed by atoms with Crippen LogP contribution in [0.4, 0.5) is 5.82 Å². The van der Waals surface area contributed by atoms with E-state index in [9.17, 15) is 4.79 Å². The van der Waals surface area contributed by atoms with Crippen molar-refractivity contribution in [3.05, 3.63) is 46.4 Å². The van der Waals surface area contributed by atoms with Gasteiger partial charge in [-0.3, -0.25) is 4.79 Å². The monoisotopic (exact) mass is 305 g/mol. The third-order valence-corrected chi connectivity index (χ3v) is 3.21. The van der Waals surface area contributed by atoms with E-state index in [1.54, 1.807) is 42.5 Å². The Morgan fingerprint density at radius 3 is 2.75 bits per heavy atom. The lowest BCUT2D eigenvalue weighted by atomic mass is 10.1. The maximum atomic E-state index is 11.3. The predicted octanol–water partition coefficient (Wildman–Crippen LogP) is 3.91. The van der Waals surface area contributed by atoms with Gasteiger partial charge in [-0.2, -0.15) is 5.26 Å². The van der Waals surface area contributed by atoms with Crippen molar-refractivity contribution < 1.29 is 4.79 Å². The Balaban J connectivity index is 2.27. The number of nitrogens with zero attached hydrogens (tertiary/aromatic N) is 2. The van der Waals surface area contributed by atoms with Crippen LogP contribution in [0.3, 0.4) is 0 Å². The summed E-state index contributed by atoms with van der Waals surface area (Å²) in [4.78, 5) is 15.6. The molecule has 2 aromatic rings. The molecule has 0 aliphatic rings. The van der Waals surface area contributed by atoms with E-state index in [1.807, 2.05) is 0 Å². The Kier molecular flexibility index (Phi) is 4.57. The van der Waals surface area contributed by atoms with Gasteiger partial charge in [0.25, 0.3) is 0 Å². The third kappa shape index (κ3) is 3.47. The quantitative estimate of drug-likeness (QED) is 0.935. The van der Waals surface area contributed by atoms with Gasteiger partial charge in [0.1, 0.15) is 12.2 Å². The van der Waals surface area contributed by atoms with Crippen molar-refractivity contribution in [3.63, 3.8) is 0 Å². The maximum Gasteiger partial charge on any atom is 0.239 e. The molecule has 1 aromatic carbocycles. The highest BCUT2D eigenvalue weighted by Gasteiger charge is 2.06. The highest BCUT2D eigenvalue weighted by atomic mass is 35.5. The molecule has 0 aliphatic heterocycles. The molecule has 100 valence electrons. The summed E-state index contributed by atoms with van der Waals surface area (Å²) in [5.74, 6) is -0.0138. The zero-order valence-electron chi connectivity index (χ0n) is 10.2. The normalized spacial score (nSPS) is 9.85. The second kappa shape index (κ2) is 6.38. The van der Waals surface area contributed by atoms with Crippen LogP contribution in [0.15, 0.2) is 36.4 Å². The van der Waals surface area contributed by atoms with Crippen LogP contribution in [0.5, 0.6) is 0 Å². The van der Waals surface area contributed by atoms with Gasteiger partial charge in [-0.15, -0.1) is 0 Å². The lowest BCUT2D eigenvalue weighted by Crippen LogP contribution is -2.11. The van der Waals surface area contributed by atoms with Crippen LogP contribution in [0, 0.1) is 11.3 Å². The maximum absolute atomic E-state index is 11.3. The average Bonchev–Trinajstić information content (AvgIpc) is 2.42. The summed E-state index contributed by atoms with van der Waals surface area (Å²) < 4.78 is 0. The van der Waals surface area contributed by atoms with Gasteiger partial charge in [0.15, 0.2) is 0 Å². The summed E-state index contributed by atoms with van der Waals surface area (Å²) in [7, 11) is 0. The molecule has 1 amide bonds. The van der Waals surface area contributed by atoms with E-state index in [0.29, 0.717) is 21.6 Å². The molecular formula is C14H9Cl2N3O. The summed E-state index contributed by atoms with van der Waals surface area (Å²) in [5.41, 5.74) is 1.44. The van der Waals surface area contributed by atoms with E-state index < -0.39 is 5.91 Å². The highest BCUT2D eigenvalue weighted by molar-refractivity contribution is 6.42. The lowest BCUT2D eigenvalue weighted by molar-refractivity contribution is -0.115. The summed E-state index contributed by atoms with van der Waals surface area (Å²) in [6, 6.07) is 12.1. The first-order chi connectivity index (χ1) is 9.60. The number of aromatic nitrogens is 1. The van der Waals surface area contributed by atoms with Crippen LogP contribution in [0.2, 0.25) is 10.0 Å². The molecule has 0 atom stereocenters. The first-order valence-electron chi connectivity index (χ1n) is 5.69. The molecule has 1 aromatic heterocycles. The number of hydrogen-bond acceptors (Lipinski definition) is 3. The van der Waals surface area contributed by atoms with Gasteiger partial charge in [-0.25, -0.2) is 4.98 Å². The molecule has 0 saturated carbocycles.